The Hall–Kier alpha value is -2.07. The maximum Gasteiger partial charge on any atom is 0.254 e. The van der Waals surface area contributed by atoms with Crippen LogP contribution in [0.25, 0.3) is 0 Å². The van der Waals surface area contributed by atoms with Crippen molar-refractivity contribution in [3.63, 3.8) is 0 Å². The summed E-state index contributed by atoms with van der Waals surface area (Å²) in [5.41, 5.74) is 1.11. The number of piperazine rings is 1. The van der Waals surface area contributed by atoms with Crippen LogP contribution < -0.4 is 5.32 Å². The van der Waals surface area contributed by atoms with E-state index in [1.54, 1.807) is 29.2 Å². The summed E-state index contributed by atoms with van der Waals surface area (Å²) in [5, 5.41) is 3.13. The Morgan fingerprint density at radius 2 is 1.77 bits per heavy atom. The molecule has 2 aliphatic rings. The third-order valence-corrected chi connectivity index (χ3v) is 8.48. The van der Waals surface area contributed by atoms with Gasteiger partial charge in [-0.1, -0.05) is 11.6 Å². The molecule has 7 nitrogen and oxygen atoms in total. The molecule has 0 spiro atoms. The molecule has 0 radical (unpaired) electrons. The molecule has 1 N–H and O–H groups in total. The second-order valence-electron chi connectivity index (χ2n) is 7.11. The van der Waals surface area contributed by atoms with Gasteiger partial charge in [0, 0.05) is 41.7 Å². The molecule has 2 heterocycles. The minimum Gasteiger partial charge on any atom is -0.336 e. The fraction of sp³-hybridized carbons (Fsp3) is 0.300. The van der Waals surface area contributed by atoms with Gasteiger partial charge in [-0.05, 0) is 49.4 Å². The average molecular weight is 466 g/mol. The van der Waals surface area contributed by atoms with Gasteiger partial charge >= 0.3 is 0 Å². The number of nitrogens with zero attached hydrogens (tertiary/aromatic N) is 2. The molecular formula is C20H20ClN3O4S2. The lowest BCUT2D eigenvalue weighted by molar-refractivity contribution is -0.115. The molecule has 2 aromatic carbocycles. The number of carbonyl (C=O) groups is 2. The summed E-state index contributed by atoms with van der Waals surface area (Å²) in [7, 11) is -3.63. The Morgan fingerprint density at radius 1 is 1.10 bits per heavy atom. The largest absolute Gasteiger partial charge is 0.336 e. The summed E-state index contributed by atoms with van der Waals surface area (Å²) in [6.07, 6.45) is 0. The van der Waals surface area contributed by atoms with Crippen molar-refractivity contribution in [2.24, 2.45) is 0 Å². The normalized spacial score (nSPS) is 19.9. The van der Waals surface area contributed by atoms with Crippen LogP contribution in [0.15, 0.2) is 52.3 Å². The number of rotatable bonds is 3. The molecule has 4 rings (SSSR count). The van der Waals surface area contributed by atoms with E-state index >= 15 is 0 Å². The first-order chi connectivity index (χ1) is 14.3. The van der Waals surface area contributed by atoms with Crippen LogP contribution in [0.3, 0.4) is 0 Å². The van der Waals surface area contributed by atoms with Crippen molar-refractivity contribution < 1.29 is 18.0 Å². The molecule has 0 saturated carbocycles. The van der Waals surface area contributed by atoms with Crippen LogP contribution in [0.4, 0.5) is 5.69 Å². The number of nitrogens with one attached hydrogen (secondary N) is 1. The fourth-order valence-electron chi connectivity index (χ4n) is 3.41. The Bertz CT molecular complexity index is 1100. The number of hydrogen-bond acceptors (Lipinski definition) is 5. The SMILES string of the molecule is C[C@@H]1Sc2ccc(C(=O)N3CCN(S(=O)(=O)c4ccc(Cl)cc4)CC3)cc2NC1=O. The highest BCUT2D eigenvalue weighted by Crippen LogP contribution is 2.36. The third-order valence-electron chi connectivity index (χ3n) is 5.13. The molecule has 1 fully saturated rings. The zero-order valence-corrected chi connectivity index (χ0v) is 18.6. The van der Waals surface area contributed by atoms with Crippen molar-refractivity contribution in [2.45, 2.75) is 22.0 Å². The summed E-state index contributed by atoms with van der Waals surface area (Å²) in [4.78, 5) is 27.6. The van der Waals surface area contributed by atoms with Gasteiger partial charge in [-0.2, -0.15) is 4.31 Å². The molecule has 10 heteroatoms. The van der Waals surface area contributed by atoms with Gasteiger partial charge in [0.2, 0.25) is 15.9 Å². The topological polar surface area (TPSA) is 86.8 Å². The quantitative estimate of drug-likeness (QED) is 0.753. The summed E-state index contributed by atoms with van der Waals surface area (Å²) in [6.45, 7) is 2.85. The Kier molecular flexibility index (Phi) is 5.80. The standard InChI is InChI=1S/C20H20ClN3O4S2/c1-13-19(25)22-17-12-14(2-7-18(17)29-13)20(26)23-8-10-24(11-9-23)30(27,28)16-5-3-15(21)4-6-16/h2-7,12-13H,8-11H2,1H3,(H,22,25)/t13-/m0/s1. The van der Waals surface area contributed by atoms with Crippen molar-refractivity contribution in [1.82, 2.24) is 9.21 Å². The lowest BCUT2D eigenvalue weighted by atomic mass is 10.1. The van der Waals surface area contributed by atoms with Gasteiger partial charge < -0.3 is 10.2 Å². The number of anilines is 1. The van der Waals surface area contributed by atoms with E-state index in [-0.39, 0.29) is 35.0 Å². The molecule has 0 unspecified atom stereocenters. The van der Waals surface area contributed by atoms with Gasteiger partial charge in [0.05, 0.1) is 15.8 Å². The highest BCUT2D eigenvalue weighted by molar-refractivity contribution is 8.01. The van der Waals surface area contributed by atoms with E-state index in [2.05, 4.69) is 5.32 Å². The number of amides is 2. The number of benzene rings is 2. The van der Waals surface area contributed by atoms with E-state index < -0.39 is 10.0 Å². The zero-order valence-electron chi connectivity index (χ0n) is 16.2. The molecule has 0 aliphatic carbocycles. The fourth-order valence-corrected chi connectivity index (χ4v) is 5.89. The minimum absolute atomic E-state index is 0.0851. The van der Waals surface area contributed by atoms with Crippen molar-refractivity contribution >= 4 is 50.9 Å². The van der Waals surface area contributed by atoms with E-state index in [9.17, 15) is 18.0 Å². The molecule has 0 aromatic heterocycles. The summed E-state index contributed by atoms with van der Waals surface area (Å²) < 4.78 is 27.0. The second kappa shape index (κ2) is 8.22. The average Bonchev–Trinajstić information content (AvgIpc) is 2.74. The van der Waals surface area contributed by atoms with Crippen LogP contribution in [0, 0.1) is 0 Å². The van der Waals surface area contributed by atoms with Crippen molar-refractivity contribution in [1.29, 1.82) is 0 Å². The van der Waals surface area contributed by atoms with E-state index in [4.69, 9.17) is 11.6 Å². The molecule has 1 atom stereocenters. The first-order valence-corrected chi connectivity index (χ1v) is 12.1. The minimum atomic E-state index is -3.63. The number of halogens is 1. The Balaban J connectivity index is 1.44. The molecule has 2 aromatic rings. The molecule has 30 heavy (non-hydrogen) atoms. The Morgan fingerprint density at radius 3 is 2.43 bits per heavy atom. The number of thioether (sulfide) groups is 1. The van der Waals surface area contributed by atoms with Crippen molar-refractivity contribution in [3.8, 4) is 0 Å². The monoisotopic (exact) mass is 465 g/mol. The van der Waals surface area contributed by atoms with E-state index in [0.717, 1.165) is 4.90 Å². The number of fused-ring (bicyclic) bond motifs is 1. The van der Waals surface area contributed by atoms with Gasteiger partial charge in [0.25, 0.3) is 5.91 Å². The van der Waals surface area contributed by atoms with Crippen LogP contribution in [-0.2, 0) is 14.8 Å². The van der Waals surface area contributed by atoms with Gasteiger partial charge in [-0.25, -0.2) is 8.42 Å². The van der Waals surface area contributed by atoms with Gasteiger partial charge in [-0.3, -0.25) is 9.59 Å². The van der Waals surface area contributed by atoms with E-state index in [1.165, 1.54) is 28.2 Å². The number of hydrogen-bond donors (Lipinski definition) is 1. The smallest absolute Gasteiger partial charge is 0.254 e. The van der Waals surface area contributed by atoms with E-state index in [0.29, 0.717) is 29.4 Å². The van der Waals surface area contributed by atoms with Gasteiger partial charge in [0.1, 0.15) is 0 Å². The zero-order chi connectivity index (χ0) is 21.5. The molecule has 1 saturated heterocycles. The van der Waals surface area contributed by atoms with Crippen LogP contribution >= 0.6 is 23.4 Å². The maximum atomic E-state index is 12.9. The predicted molar refractivity (Wildman–Crippen MR) is 117 cm³/mol. The van der Waals surface area contributed by atoms with Gasteiger partial charge in [0.15, 0.2) is 0 Å². The lowest BCUT2D eigenvalue weighted by Crippen LogP contribution is -2.50. The van der Waals surface area contributed by atoms with Gasteiger partial charge in [-0.15, -0.1) is 11.8 Å². The maximum absolute atomic E-state index is 12.9. The second-order valence-corrected chi connectivity index (χ2v) is 10.9. The summed E-state index contributed by atoms with van der Waals surface area (Å²) >= 11 is 7.30. The summed E-state index contributed by atoms with van der Waals surface area (Å²) in [6, 6.07) is 11.3. The summed E-state index contributed by atoms with van der Waals surface area (Å²) in [5.74, 6) is -0.266. The lowest BCUT2D eigenvalue weighted by Gasteiger charge is -2.34. The van der Waals surface area contributed by atoms with Crippen LogP contribution in [0.1, 0.15) is 17.3 Å². The van der Waals surface area contributed by atoms with Crippen LogP contribution in [-0.4, -0.2) is 60.9 Å². The van der Waals surface area contributed by atoms with Crippen molar-refractivity contribution in [3.05, 3.63) is 53.1 Å². The van der Waals surface area contributed by atoms with Crippen molar-refractivity contribution in [2.75, 3.05) is 31.5 Å². The first kappa shape index (κ1) is 21.2. The molecule has 2 amide bonds. The molecular weight excluding hydrogens is 446 g/mol. The molecule has 2 aliphatic heterocycles. The predicted octanol–water partition coefficient (Wildman–Crippen LogP) is 2.92. The highest BCUT2D eigenvalue weighted by atomic mass is 35.5. The number of sulfonamides is 1. The van der Waals surface area contributed by atoms with E-state index in [1.807, 2.05) is 13.0 Å². The third kappa shape index (κ3) is 4.07. The first-order valence-electron chi connectivity index (χ1n) is 9.42. The number of carbonyl (C=O) groups excluding carboxylic acids is 2. The Labute approximate surface area is 184 Å². The highest BCUT2D eigenvalue weighted by Gasteiger charge is 2.31. The molecule has 0 bridgehead atoms. The van der Waals surface area contributed by atoms with Crippen LogP contribution in [0.2, 0.25) is 5.02 Å². The van der Waals surface area contributed by atoms with Crippen LogP contribution in [0.5, 0.6) is 0 Å². The molecule has 158 valence electrons.